The quantitative estimate of drug-likeness (QED) is 0.137. The molecule has 3 aromatic heterocycles. The molecular formula is C72H47N3O2. The summed E-state index contributed by atoms with van der Waals surface area (Å²) in [5.41, 5.74) is 19.3. The van der Waals surface area contributed by atoms with E-state index in [1.807, 2.05) is 6.07 Å². The van der Waals surface area contributed by atoms with E-state index in [1.165, 1.54) is 16.5 Å². The third-order valence-electron chi connectivity index (χ3n) is 15.1. The lowest BCUT2D eigenvalue weighted by atomic mass is 9.96. The zero-order valence-electron chi connectivity index (χ0n) is 41.8. The first kappa shape index (κ1) is 44.2. The number of para-hydroxylation sites is 5. The van der Waals surface area contributed by atoms with Gasteiger partial charge < -0.3 is 23.2 Å². The Balaban J connectivity index is 1.05. The summed E-state index contributed by atoms with van der Waals surface area (Å²) in [6.07, 6.45) is 0. The molecule has 12 aromatic carbocycles. The normalized spacial score (nSPS) is 11.6. The van der Waals surface area contributed by atoms with Gasteiger partial charge >= 0.3 is 0 Å². The highest BCUT2D eigenvalue weighted by Crippen LogP contribution is 2.50. The molecule has 0 fully saturated rings. The van der Waals surface area contributed by atoms with Crippen LogP contribution in [0.25, 0.3) is 105 Å². The minimum absolute atomic E-state index is 0.821. The number of hydrogen-bond acceptors (Lipinski definition) is 4. The van der Waals surface area contributed by atoms with E-state index in [4.69, 9.17) is 8.83 Å². The van der Waals surface area contributed by atoms with Gasteiger partial charge in [0.15, 0.2) is 0 Å². The zero-order valence-corrected chi connectivity index (χ0v) is 41.8. The van der Waals surface area contributed by atoms with Gasteiger partial charge in [0.05, 0.1) is 27.5 Å². The van der Waals surface area contributed by atoms with Crippen LogP contribution in [0.3, 0.4) is 0 Å². The van der Waals surface area contributed by atoms with Gasteiger partial charge in [0.1, 0.15) is 22.3 Å². The second-order valence-corrected chi connectivity index (χ2v) is 19.6. The van der Waals surface area contributed by atoms with Gasteiger partial charge in [0, 0.05) is 61.2 Å². The largest absolute Gasteiger partial charge is 0.456 e. The Bertz CT molecular complexity index is 4570. The van der Waals surface area contributed by atoms with Crippen molar-refractivity contribution in [1.82, 2.24) is 4.57 Å². The summed E-state index contributed by atoms with van der Waals surface area (Å²) in [5, 5.41) is 6.54. The molecule has 0 saturated heterocycles. The minimum atomic E-state index is 0.821. The molecule has 77 heavy (non-hydrogen) atoms. The van der Waals surface area contributed by atoms with Gasteiger partial charge in [-0.1, -0.05) is 182 Å². The molecule has 5 heteroatoms. The number of rotatable bonds is 10. The smallest absolute Gasteiger partial charge is 0.145 e. The summed E-state index contributed by atoms with van der Waals surface area (Å²) in [4.78, 5) is 4.78. The van der Waals surface area contributed by atoms with Crippen molar-refractivity contribution in [3.63, 3.8) is 0 Å². The molecule has 0 radical (unpaired) electrons. The second kappa shape index (κ2) is 18.2. The number of aromatic nitrogens is 1. The summed E-state index contributed by atoms with van der Waals surface area (Å²) < 4.78 is 16.2. The van der Waals surface area contributed by atoms with E-state index in [0.717, 1.165) is 122 Å². The lowest BCUT2D eigenvalue weighted by molar-refractivity contribution is 0.669. The highest BCUT2D eigenvalue weighted by Gasteiger charge is 2.27. The SMILES string of the molecule is c1ccc(-c2ccc(N(c3ccc(-c4ccccc4)cc3)c3cc(-c4cc5c6ccccc6n(-c6ccccc6)c5c5c4oc4ccccc45)cc(N(c4ccccc4)c4cccc5oc6ccccc6c45)c3)cc2)cc1. The van der Waals surface area contributed by atoms with Crippen LogP contribution in [0.2, 0.25) is 0 Å². The van der Waals surface area contributed by atoms with Crippen molar-refractivity contribution >= 4 is 99.8 Å². The van der Waals surface area contributed by atoms with Gasteiger partial charge in [0.2, 0.25) is 0 Å². The number of anilines is 6. The molecule has 0 aliphatic carbocycles. The highest BCUT2D eigenvalue weighted by molar-refractivity contribution is 6.27. The fraction of sp³-hybridized carbons (Fsp3) is 0. The first-order chi connectivity index (χ1) is 38.2. The van der Waals surface area contributed by atoms with Crippen molar-refractivity contribution < 1.29 is 8.83 Å². The molecule has 3 heterocycles. The first-order valence-electron chi connectivity index (χ1n) is 26.1. The molecule has 15 aromatic rings. The summed E-state index contributed by atoms with van der Waals surface area (Å²) in [5.74, 6) is 0. The van der Waals surface area contributed by atoms with E-state index >= 15 is 0 Å². The van der Waals surface area contributed by atoms with Crippen LogP contribution in [0.1, 0.15) is 0 Å². The topological polar surface area (TPSA) is 37.7 Å². The number of fused-ring (bicyclic) bond motifs is 10. The fourth-order valence-corrected chi connectivity index (χ4v) is 11.7. The van der Waals surface area contributed by atoms with Crippen LogP contribution in [-0.4, -0.2) is 4.57 Å². The molecule has 362 valence electrons. The van der Waals surface area contributed by atoms with E-state index in [0.29, 0.717) is 0 Å². The maximum Gasteiger partial charge on any atom is 0.145 e. The Morgan fingerprint density at radius 1 is 0.286 bits per heavy atom. The molecule has 0 unspecified atom stereocenters. The number of nitrogens with zero attached hydrogens (tertiary/aromatic N) is 3. The standard InChI is InChI=1S/C72H47N3O2/c1-5-20-48(21-6-1)50-36-40-55(41-37-50)73(56-42-38-51(39-43-56)49-22-7-2-8-23-49)57-44-52(45-58(46-57)74(53-24-9-3-10-25-53)65-32-19-35-68-69(65)60-29-14-17-33-66(60)76-68)62-47-63-59-28-13-16-31-64(59)75(54-26-11-4-12-27-54)71(63)70-61-30-15-18-34-67(61)77-72(62)70/h1-47H. The van der Waals surface area contributed by atoms with Crippen LogP contribution in [0, 0.1) is 0 Å². The van der Waals surface area contributed by atoms with Crippen LogP contribution >= 0.6 is 0 Å². The van der Waals surface area contributed by atoms with Gasteiger partial charge in [-0.05, 0) is 131 Å². The molecule has 0 amide bonds. The molecule has 0 aliphatic heterocycles. The average Bonchev–Trinajstić information content (AvgIpc) is 4.40. The van der Waals surface area contributed by atoms with Crippen LogP contribution in [0.15, 0.2) is 294 Å². The van der Waals surface area contributed by atoms with Crippen molar-refractivity contribution in [2.45, 2.75) is 0 Å². The predicted octanol–water partition coefficient (Wildman–Crippen LogP) is 20.5. The van der Waals surface area contributed by atoms with Gasteiger partial charge in [-0.25, -0.2) is 0 Å². The molecule has 0 atom stereocenters. The third-order valence-corrected chi connectivity index (χ3v) is 15.1. The van der Waals surface area contributed by atoms with Crippen LogP contribution in [-0.2, 0) is 0 Å². The van der Waals surface area contributed by atoms with Crippen molar-refractivity contribution in [1.29, 1.82) is 0 Å². The second-order valence-electron chi connectivity index (χ2n) is 19.6. The Morgan fingerprint density at radius 2 is 0.766 bits per heavy atom. The molecule has 0 spiro atoms. The average molecular weight is 986 g/mol. The molecule has 15 rings (SSSR count). The number of furan rings is 2. The molecule has 0 saturated carbocycles. The Kier molecular flexibility index (Phi) is 10.5. The van der Waals surface area contributed by atoms with Crippen molar-refractivity contribution in [2.24, 2.45) is 0 Å². The van der Waals surface area contributed by atoms with E-state index in [9.17, 15) is 0 Å². The molecule has 0 bridgehead atoms. The third kappa shape index (κ3) is 7.47. The Hall–Kier alpha value is -10.4. The number of benzene rings is 12. The predicted molar refractivity (Wildman–Crippen MR) is 321 cm³/mol. The van der Waals surface area contributed by atoms with E-state index < -0.39 is 0 Å². The molecular weight excluding hydrogens is 939 g/mol. The zero-order chi connectivity index (χ0) is 50.8. The lowest BCUT2D eigenvalue weighted by Gasteiger charge is -2.31. The van der Waals surface area contributed by atoms with Crippen LogP contribution in [0.4, 0.5) is 34.1 Å². The Labute approximate surface area is 445 Å². The van der Waals surface area contributed by atoms with Crippen molar-refractivity contribution in [2.75, 3.05) is 9.80 Å². The van der Waals surface area contributed by atoms with Crippen LogP contribution < -0.4 is 9.80 Å². The molecule has 5 nitrogen and oxygen atoms in total. The van der Waals surface area contributed by atoms with Crippen molar-refractivity contribution in [3.05, 3.63) is 285 Å². The van der Waals surface area contributed by atoms with E-state index in [-0.39, 0.29) is 0 Å². The summed E-state index contributed by atoms with van der Waals surface area (Å²) in [6, 6.07) is 102. The van der Waals surface area contributed by atoms with Crippen molar-refractivity contribution in [3.8, 4) is 39.1 Å². The Morgan fingerprint density at radius 3 is 1.40 bits per heavy atom. The maximum atomic E-state index is 7.23. The summed E-state index contributed by atoms with van der Waals surface area (Å²) in [7, 11) is 0. The fourth-order valence-electron chi connectivity index (χ4n) is 11.7. The molecule has 0 aliphatic rings. The summed E-state index contributed by atoms with van der Waals surface area (Å²) in [6.45, 7) is 0. The summed E-state index contributed by atoms with van der Waals surface area (Å²) >= 11 is 0. The minimum Gasteiger partial charge on any atom is -0.456 e. The van der Waals surface area contributed by atoms with Gasteiger partial charge in [0.25, 0.3) is 0 Å². The van der Waals surface area contributed by atoms with Gasteiger partial charge in [-0.15, -0.1) is 0 Å². The maximum absolute atomic E-state index is 7.23. The molecule has 0 N–H and O–H groups in total. The van der Waals surface area contributed by atoms with Gasteiger partial charge in [-0.3, -0.25) is 0 Å². The van der Waals surface area contributed by atoms with Crippen LogP contribution in [0.5, 0.6) is 0 Å². The monoisotopic (exact) mass is 985 g/mol. The van der Waals surface area contributed by atoms with Gasteiger partial charge in [-0.2, -0.15) is 0 Å². The lowest BCUT2D eigenvalue weighted by Crippen LogP contribution is -2.14. The highest BCUT2D eigenvalue weighted by atomic mass is 16.3. The van der Waals surface area contributed by atoms with E-state index in [2.05, 4.69) is 293 Å². The first-order valence-corrected chi connectivity index (χ1v) is 26.1. The number of hydrogen-bond donors (Lipinski definition) is 0. The van der Waals surface area contributed by atoms with E-state index in [1.54, 1.807) is 0 Å².